The molecule has 1 atom stereocenters. The van der Waals surface area contributed by atoms with Crippen LogP contribution in [0.25, 0.3) is 0 Å². The molecule has 3 heteroatoms. The van der Waals surface area contributed by atoms with Gasteiger partial charge in [-0.15, -0.1) is 11.8 Å². The van der Waals surface area contributed by atoms with Crippen molar-refractivity contribution < 1.29 is 4.79 Å². The van der Waals surface area contributed by atoms with Gasteiger partial charge in [0.1, 0.15) is 5.78 Å². The molecule has 1 aliphatic rings. The summed E-state index contributed by atoms with van der Waals surface area (Å²) in [6.07, 6.45) is 2.75. The number of hydrogen-bond acceptors (Lipinski definition) is 3. The predicted octanol–water partition coefficient (Wildman–Crippen LogP) is 5.63. The Bertz CT molecular complexity index is 902. The lowest BCUT2D eigenvalue weighted by Crippen LogP contribution is -2.43. The highest BCUT2D eigenvalue weighted by molar-refractivity contribution is 7.98. The van der Waals surface area contributed by atoms with Gasteiger partial charge in [-0.3, -0.25) is 9.69 Å². The summed E-state index contributed by atoms with van der Waals surface area (Å²) in [6, 6.07) is 29.6. The van der Waals surface area contributed by atoms with E-state index >= 15 is 0 Å². The van der Waals surface area contributed by atoms with Gasteiger partial charge in [-0.05, 0) is 29.0 Å². The number of hydrogen-bond donors (Lipinski definition) is 0. The first-order valence-corrected chi connectivity index (χ1v) is 11.5. The molecule has 0 aromatic heterocycles. The third kappa shape index (κ3) is 4.63. The lowest BCUT2D eigenvalue weighted by molar-refractivity contribution is -0.126. The summed E-state index contributed by atoms with van der Waals surface area (Å²) in [5.74, 6) is 0.468. The molecule has 0 spiro atoms. The van der Waals surface area contributed by atoms with Crippen molar-refractivity contribution in [3.8, 4) is 0 Å². The minimum Gasteiger partial charge on any atom is -0.299 e. The molecule has 1 heterocycles. The van der Waals surface area contributed by atoms with Crippen LogP contribution >= 0.6 is 11.8 Å². The van der Waals surface area contributed by atoms with Crippen LogP contribution in [0.15, 0.2) is 89.8 Å². The van der Waals surface area contributed by atoms with Crippen molar-refractivity contribution in [1.82, 2.24) is 4.90 Å². The number of benzene rings is 3. The average molecular weight is 402 g/mol. The number of Topliss-reactive ketones (excluding diaryl/α,β-unsaturated/α-hetero) is 1. The smallest absolute Gasteiger partial charge is 0.139 e. The highest BCUT2D eigenvalue weighted by Gasteiger charge is 2.35. The zero-order valence-corrected chi connectivity index (χ0v) is 17.6. The summed E-state index contributed by atoms with van der Waals surface area (Å²) in [4.78, 5) is 16.9. The highest BCUT2D eigenvalue weighted by Crippen LogP contribution is 2.36. The maximum atomic E-state index is 13.1. The van der Waals surface area contributed by atoms with E-state index in [-0.39, 0.29) is 11.8 Å². The zero-order chi connectivity index (χ0) is 20.1. The van der Waals surface area contributed by atoms with Gasteiger partial charge in [-0.2, -0.15) is 0 Å². The Hall–Kier alpha value is -2.36. The molecular weight excluding hydrogens is 374 g/mol. The van der Waals surface area contributed by atoms with Crippen molar-refractivity contribution >= 4 is 17.5 Å². The van der Waals surface area contributed by atoms with E-state index in [9.17, 15) is 4.79 Å². The third-order valence-corrected chi connectivity index (χ3v) is 6.69. The first-order chi connectivity index (χ1) is 14.3. The number of piperidine rings is 1. The Morgan fingerprint density at radius 3 is 2.10 bits per heavy atom. The third-order valence-electron chi connectivity index (χ3n) is 5.85. The Balaban J connectivity index is 1.62. The van der Waals surface area contributed by atoms with Crippen molar-refractivity contribution in [2.45, 2.75) is 23.8 Å². The molecule has 0 bridgehead atoms. The maximum absolute atomic E-state index is 13.1. The summed E-state index contributed by atoms with van der Waals surface area (Å²) in [7, 11) is 0. The minimum atomic E-state index is -0.0185. The molecule has 1 saturated heterocycles. The van der Waals surface area contributed by atoms with Crippen molar-refractivity contribution in [1.29, 1.82) is 0 Å². The summed E-state index contributed by atoms with van der Waals surface area (Å²) < 4.78 is 0. The van der Waals surface area contributed by atoms with Gasteiger partial charge in [-0.1, -0.05) is 78.9 Å². The summed E-state index contributed by atoms with van der Waals surface area (Å²) >= 11 is 1.79. The Labute approximate surface area is 178 Å². The van der Waals surface area contributed by atoms with Gasteiger partial charge in [0.05, 0.1) is 0 Å². The standard InChI is InChI=1S/C26H27NOS/c1-29-25-15-9-8-14-22(25)18-27-17-16-24(28)23(19-27)26(20-10-4-2-5-11-20)21-12-6-3-7-13-21/h2-15,23,26H,16-19H2,1H3. The number of likely N-dealkylation sites (tertiary alicyclic amines) is 1. The topological polar surface area (TPSA) is 20.3 Å². The number of carbonyl (C=O) groups is 1. The van der Waals surface area contributed by atoms with Gasteiger partial charge >= 0.3 is 0 Å². The second kappa shape index (κ2) is 9.43. The van der Waals surface area contributed by atoms with Crippen molar-refractivity contribution in [2.24, 2.45) is 5.92 Å². The Morgan fingerprint density at radius 2 is 1.48 bits per heavy atom. The fraction of sp³-hybridized carbons (Fsp3) is 0.269. The minimum absolute atomic E-state index is 0.0185. The van der Waals surface area contributed by atoms with Crippen LogP contribution in [0.5, 0.6) is 0 Å². The van der Waals surface area contributed by atoms with E-state index in [1.54, 1.807) is 11.8 Å². The van der Waals surface area contributed by atoms with Crippen LogP contribution in [-0.4, -0.2) is 30.0 Å². The lowest BCUT2D eigenvalue weighted by atomic mass is 9.76. The van der Waals surface area contributed by atoms with Gasteiger partial charge in [0.25, 0.3) is 0 Å². The van der Waals surface area contributed by atoms with Gasteiger partial charge < -0.3 is 0 Å². The molecule has 0 amide bonds. The van der Waals surface area contributed by atoms with E-state index in [2.05, 4.69) is 84.0 Å². The molecule has 3 aromatic carbocycles. The fourth-order valence-electron chi connectivity index (χ4n) is 4.41. The van der Waals surface area contributed by atoms with Crippen molar-refractivity contribution in [3.05, 3.63) is 102 Å². The first-order valence-electron chi connectivity index (χ1n) is 10.2. The van der Waals surface area contributed by atoms with E-state index in [1.165, 1.54) is 21.6 Å². The molecule has 29 heavy (non-hydrogen) atoms. The predicted molar refractivity (Wildman–Crippen MR) is 121 cm³/mol. The molecule has 148 valence electrons. The van der Waals surface area contributed by atoms with E-state index < -0.39 is 0 Å². The van der Waals surface area contributed by atoms with Crippen LogP contribution in [0, 0.1) is 5.92 Å². The van der Waals surface area contributed by atoms with Crippen LogP contribution in [0.4, 0.5) is 0 Å². The quantitative estimate of drug-likeness (QED) is 0.499. The molecule has 1 unspecified atom stereocenters. The molecular formula is C26H27NOS. The molecule has 0 aliphatic carbocycles. The van der Waals surface area contributed by atoms with Crippen molar-refractivity contribution in [3.63, 3.8) is 0 Å². The Morgan fingerprint density at radius 1 is 0.897 bits per heavy atom. The largest absolute Gasteiger partial charge is 0.299 e. The summed E-state index contributed by atoms with van der Waals surface area (Å²) in [5.41, 5.74) is 3.80. The molecule has 3 aromatic rings. The van der Waals surface area contributed by atoms with E-state index in [0.717, 1.165) is 19.6 Å². The number of carbonyl (C=O) groups excluding carboxylic acids is 1. The molecule has 0 saturated carbocycles. The molecule has 0 N–H and O–H groups in total. The Kier molecular flexibility index (Phi) is 6.48. The molecule has 4 rings (SSSR count). The number of ketones is 1. The van der Waals surface area contributed by atoms with Gasteiger partial charge in [-0.25, -0.2) is 0 Å². The average Bonchev–Trinajstić information content (AvgIpc) is 2.78. The second-order valence-corrected chi connectivity index (χ2v) is 8.52. The van der Waals surface area contributed by atoms with Gasteiger partial charge in [0.15, 0.2) is 0 Å². The van der Waals surface area contributed by atoms with E-state index in [4.69, 9.17) is 0 Å². The monoisotopic (exact) mass is 401 g/mol. The second-order valence-electron chi connectivity index (χ2n) is 7.67. The van der Waals surface area contributed by atoms with E-state index in [1.807, 2.05) is 12.1 Å². The summed E-state index contributed by atoms with van der Waals surface area (Å²) in [5, 5.41) is 0. The molecule has 2 nitrogen and oxygen atoms in total. The van der Waals surface area contributed by atoms with Crippen LogP contribution < -0.4 is 0 Å². The lowest BCUT2D eigenvalue weighted by Gasteiger charge is -2.36. The normalized spacial score (nSPS) is 17.6. The number of nitrogens with zero attached hydrogens (tertiary/aromatic N) is 1. The van der Waals surface area contributed by atoms with Gasteiger partial charge in [0, 0.05) is 42.8 Å². The molecule has 1 fully saturated rings. The van der Waals surface area contributed by atoms with Crippen LogP contribution in [-0.2, 0) is 11.3 Å². The number of rotatable bonds is 6. The maximum Gasteiger partial charge on any atom is 0.139 e. The van der Waals surface area contributed by atoms with Crippen LogP contribution in [0.1, 0.15) is 29.0 Å². The van der Waals surface area contributed by atoms with Crippen molar-refractivity contribution in [2.75, 3.05) is 19.3 Å². The molecule has 1 aliphatic heterocycles. The van der Waals surface area contributed by atoms with Crippen LogP contribution in [0.3, 0.4) is 0 Å². The van der Waals surface area contributed by atoms with Gasteiger partial charge in [0.2, 0.25) is 0 Å². The first kappa shape index (κ1) is 19.9. The zero-order valence-electron chi connectivity index (χ0n) is 16.8. The highest BCUT2D eigenvalue weighted by atomic mass is 32.2. The summed E-state index contributed by atoms with van der Waals surface area (Å²) in [6.45, 7) is 2.54. The SMILES string of the molecule is CSc1ccccc1CN1CCC(=O)C(C(c2ccccc2)c2ccccc2)C1. The van der Waals surface area contributed by atoms with Crippen LogP contribution in [0.2, 0.25) is 0 Å². The fourth-order valence-corrected chi connectivity index (χ4v) is 5.02. The van der Waals surface area contributed by atoms with E-state index in [0.29, 0.717) is 12.2 Å². The number of thioether (sulfide) groups is 1. The molecule has 0 radical (unpaired) electrons.